The number of hydrogen-bond donors (Lipinski definition) is 3. The summed E-state index contributed by atoms with van der Waals surface area (Å²) in [4.78, 5) is 0. The van der Waals surface area contributed by atoms with Crippen molar-refractivity contribution in [3.05, 3.63) is 11.6 Å². The van der Waals surface area contributed by atoms with Crippen LogP contribution in [0.5, 0.6) is 0 Å². The van der Waals surface area contributed by atoms with Crippen molar-refractivity contribution in [3.8, 4) is 0 Å². The van der Waals surface area contributed by atoms with Gasteiger partial charge in [0.05, 0.1) is 18.3 Å². The molecule has 0 unspecified atom stereocenters. The zero-order valence-electron chi connectivity index (χ0n) is 25.3. The van der Waals surface area contributed by atoms with Gasteiger partial charge in [-0.1, -0.05) is 74.0 Å². The number of rotatable bonds is 8. The first kappa shape index (κ1) is 29.8. The van der Waals surface area contributed by atoms with Crippen molar-refractivity contribution in [3.63, 3.8) is 0 Å². The SMILES string of the molecule is CC(C)[Si](OCC[C@@H](C)[C@H]1CC=C2[C@@H]3[C@@H](O)[C@H](O)[C@H]4C[C@H](O)CC[C@]4(C)[C@H]3CC[C@@]21C)(C(C)C)C(C)C. The van der Waals surface area contributed by atoms with Crippen LogP contribution < -0.4 is 0 Å². The van der Waals surface area contributed by atoms with Gasteiger partial charge in [0.25, 0.3) is 0 Å². The summed E-state index contributed by atoms with van der Waals surface area (Å²) in [6.07, 6.45) is 7.54. The second-order valence-electron chi connectivity index (χ2n) is 15.0. The minimum atomic E-state index is -1.85. The third-order valence-electron chi connectivity index (χ3n) is 12.5. The Kier molecular flexibility index (Phi) is 8.57. The lowest BCUT2D eigenvalue weighted by Crippen LogP contribution is -2.62. The maximum Gasteiger partial charge on any atom is 0.200 e. The lowest BCUT2D eigenvalue weighted by atomic mass is 9.44. The van der Waals surface area contributed by atoms with Crippen molar-refractivity contribution >= 4 is 8.32 Å². The third kappa shape index (κ3) is 4.65. The van der Waals surface area contributed by atoms with Crippen LogP contribution in [0.1, 0.15) is 107 Å². The summed E-state index contributed by atoms with van der Waals surface area (Å²) in [6.45, 7) is 22.3. The summed E-state index contributed by atoms with van der Waals surface area (Å²) in [5.41, 5.74) is 3.37. The summed E-state index contributed by atoms with van der Waals surface area (Å²) >= 11 is 0. The van der Waals surface area contributed by atoms with Crippen LogP contribution in [0.2, 0.25) is 16.6 Å². The fourth-order valence-corrected chi connectivity index (χ4v) is 16.1. The molecule has 4 aliphatic rings. The Balaban J connectivity index is 1.48. The van der Waals surface area contributed by atoms with Gasteiger partial charge in [-0.15, -0.1) is 0 Å². The van der Waals surface area contributed by atoms with E-state index in [2.05, 4.69) is 68.4 Å². The van der Waals surface area contributed by atoms with E-state index in [4.69, 9.17) is 4.43 Å². The van der Waals surface area contributed by atoms with Crippen LogP contribution >= 0.6 is 0 Å². The summed E-state index contributed by atoms with van der Waals surface area (Å²) in [5, 5.41) is 33.1. The Morgan fingerprint density at radius 2 is 1.51 bits per heavy atom. The molecule has 0 aliphatic heterocycles. The highest BCUT2D eigenvalue weighted by Gasteiger charge is 2.63. The first-order valence-corrected chi connectivity index (χ1v) is 17.7. The highest BCUT2D eigenvalue weighted by Crippen LogP contribution is 2.66. The van der Waals surface area contributed by atoms with Gasteiger partial charge < -0.3 is 19.7 Å². The molecule has 4 rings (SSSR count). The molecule has 3 saturated carbocycles. The van der Waals surface area contributed by atoms with Gasteiger partial charge in [0.2, 0.25) is 0 Å². The lowest BCUT2D eigenvalue weighted by molar-refractivity contribution is -0.192. The predicted octanol–water partition coefficient (Wildman–Crippen LogP) is 7.09. The van der Waals surface area contributed by atoms with E-state index in [0.717, 1.165) is 38.7 Å². The van der Waals surface area contributed by atoms with Crippen molar-refractivity contribution in [1.29, 1.82) is 0 Å². The van der Waals surface area contributed by atoms with Crippen molar-refractivity contribution < 1.29 is 19.7 Å². The molecular formula is C32H58O4Si. The Morgan fingerprint density at radius 3 is 2.11 bits per heavy atom. The molecule has 3 N–H and O–H groups in total. The summed E-state index contributed by atoms with van der Waals surface area (Å²) in [6, 6.07) is 0. The molecule has 0 heterocycles. The van der Waals surface area contributed by atoms with Gasteiger partial charge in [-0.25, -0.2) is 0 Å². The Hall–Kier alpha value is -0.203. The molecule has 0 spiro atoms. The van der Waals surface area contributed by atoms with Crippen molar-refractivity contribution in [2.24, 2.45) is 40.4 Å². The van der Waals surface area contributed by atoms with E-state index in [-0.39, 0.29) is 28.8 Å². The molecule has 0 radical (unpaired) electrons. The maximum absolute atomic E-state index is 11.5. The van der Waals surface area contributed by atoms with Gasteiger partial charge in [-0.05, 0) is 96.1 Å². The minimum Gasteiger partial charge on any atom is -0.416 e. The van der Waals surface area contributed by atoms with E-state index in [0.29, 0.717) is 40.8 Å². The van der Waals surface area contributed by atoms with Crippen LogP contribution in [0.4, 0.5) is 0 Å². The van der Waals surface area contributed by atoms with Gasteiger partial charge in [0.15, 0.2) is 8.32 Å². The van der Waals surface area contributed by atoms with E-state index >= 15 is 0 Å². The van der Waals surface area contributed by atoms with Crippen LogP contribution in [0.15, 0.2) is 11.6 Å². The summed E-state index contributed by atoms with van der Waals surface area (Å²) in [5.74, 6) is 1.59. The highest BCUT2D eigenvalue weighted by molar-refractivity contribution is 6.77. The van der Waals surface area contributed by atoms with E-state index in [1.807, 2.05) is 0 Å². The van der Waals surface area contributed by atoms with E-state index in [1.165, 1.54) is 12.0 Å². The molecule has 214 valence electrons. The first-order chi connectivity index (χ1) is 17.2. The van der Waals surface area contributed by atoms with Crippen LogP contribution in [-0.4, -0.2) is 48.6 Å². The summed E-state index contributed by atoms with van der Waals surface area (Å²) < 4.78 is 6.94. The lowest BCUT2D eigenvalue weighted by Gasteiger charge is -2.62. The van der Waals surface area contributed by atoms with Gasteiger partial charge in [0.1, 0.15) is 0 Å². The molecule has 0 aromatic rings. The normalized spacial score (nSPS) is 43.0. The molecule has 0 aromatic heterocycles. The number of hydrogen-bond acceptors (Lipinski definition) is 4. The zero-order valence-corrected chi connectivity index (χ0v) is 26.3. The van der Waals surface area contributed by atoms with Gasteiger partial charge in [-0.3, -0.25) is 0 Å². The Bertz CT molecular complexity index is 817. The molecule has 3 fully saturated rings. The summed E-state index contributed by atoms with van der Waals surface area (Å²) in [7, 11) is -1.85. The molecule has 37 heavy (non-hydrogen) atoms. The van der Waals surface area contributed by atoms with Gasteiger partial charge in [-0.2, -0.15) is 0 Å². The quantitative estimate of drug-likeness (QED) is 0.230. The molecule has 4 nitrogen and oxygen atoms in total. The zero-order chi connectivity index (χ0) is 27.5. The number of fused-ring (bicyclic) bond motifs is 5. The molecule has 5 heteroatoms. The molecule has 10 atom stereocenters. The maximum atomic E-state index is 11.5. The average molecular weight is 535 g/mol. The number of allylic oxidation sites excluding steroid dienone is 1. The second-order valence-corrected chi connectivity index (χ2v) is 20.5. The highest BCUT2D eigenvalue weighted by atomic mass is 28.4. The third-order valence-corrected chi connectivity index (χ3v) is 18.6. The fourth-order valence-electron chi connectivity index (χ4n) is 10.6. The number of aliphatic hydroxyl groups excluding tert-OH is 3. The van der Waals surface area contributed by atoms with Gasteiger partial charge in [0, 0.05) is 12.5 Å². The minimum absolute atomic E-state index is 0.000746. The van der Waals surface area contributed by atoms with Crippen molar-refractivity contribution in [2.75, 3.05) is 6.61 Å². The second kappa shape index (κ2) is 10.6. The molecule has 0 aromatic carbocycles. The first-order valence-electron chi connectivity index (χ1n) is 15.6. The largest absolute Gasteiger partial charge is 0.416 e. The monoisotopic (exact) mass is 534 g/mol. The topological polar surface area (TPSA) is 69.9 Å². The molecular weight excluding hydrogens is 476 g/mol. The van der Waals surface area contributed by atoms with Crippen LogP contribution in [0.3, 0.4) is 0 Å². The van der Waals surface area contributed by atoms with Gasteiger partial charge >= 0.3 is 0 Å². The van der Waals surface area contributed by atoms with Crippen LogP contribution in [0, 0.1) is 40.4 Å². The van der Waals surface area contributed by atoms with Crippen LogP contribution in [0.25, 0.3) is 0 Å². The van der Waals surface area contributed by atoms with Crippen LogP contribution in [-0.2, 0) is 4.43 Å². The van der Waals surface area contributed by atoms with E-state index in [1.54, 1.807) is 0 Å². The standard InChI is InChI=1S/C32H58O4Si/c1-19(2)37(20(3)4,21(5)6)36-17-14-22(7)24-10-11-25-28-26(13-16-31(24,25)8)32(9)15-12-23(33)18-27(32)29(34)30(28)35/h11,19-24,26-30,33-35H,10,12-18H2,1-9H3/t22-,23-,24-,26+,27-,28+,29-,30-,31-,32-/m1/s1. The Labute approximate surface area is 228 Å². The predicted molar refractivity (Wildman–Crippen MR) is 155 cm³/mol. The molecule has 0 amide bonds. The molecule has 0 bridgehead atoms. The van der Waals surface area contributed by atoms with Crippen molar-refractivity contribution in [1.82, 2.24) is 0 Å². The molecule has 0 saturated heterocycles. The molecule has 4 aliphatic carbocycles. The van der Waals surface area contributed by atoms with Crippen molar-refractivity contribution in [2.45, 2.75) is 142 Å². The smallest absolute Gasteiger partial charge is 0.200 e. The number of aliphatic hydroxyl groups is 3. The van der Waals surface area contributed by atoms with E-state index < -0.39 is 20.5 Å². The van der Waals surface area contributed by atoms with E-state index in [9.17, 15) is 15.3 Å². The fraction of sp³-hybridized carbons (Fsp3) is 0.938. The average Bonchev–Trinajstić information content (AvgIpc) is 3.17. The Morgan fingerprint density at radius 1 is 0.892 bits per heavy atom.